The zero-order valence-electron chi connectivity index (χ0n) is 9.24. The molecule has 3 heteroatoms. The van der Waals surface area contributed by atoms with Crippen LogP contribution in [-0.4, -0.2) is 15.3 Å². The molecule has 3 N–H and O–H groups in total. The highest BCUT2D eigenvalue weighted by atomic mass is 16.3. The van der Waals surface area contributed by atoms with Gasteiger partial charge in [0.15, 0.2) is 0 Å². The highest BCUT2D eigenvalue weighted by molar-refractivity contribution is 5.38. The van der Waals surface area contributed by atoms with Gasteiger partial charge in [-0.25, -0.2) is 0 Å². The molecule has 0 radical (unpaired) electrons. The van der Waals surface area contributed by atoms with Gasteiger partial charge in [0, 0.05) is 12.5 Å². The van der Waals surface area contributed by atoms with E-state index < -0.39 is 6.10 Å². The zero-order valence-corrected chi connectivity index (χ0v) is 9.24. The lowest BCUT2D eigenvalue weighted by Gasteiger charge is -2.11. The summed E-state index contributed by atoms with van der Waals surface area (Å²) in [7, 11) is 0. The summed E-state index contributed by atoms with van der Waals surface area (Å²) in [5.41, 5.74) is 1.51. The molecule has 1 unspecified atom stereocenters. The Balaban J connectivity index is 2.17. The predicted molar refractivity (Wildman–Crippen MR) is 64.9 cm³/mol. The first-order valence-corrected chi connectivity index (χ1v) is 5.40. The van der Waals surface area contributed by atoms with Crippen LogP contribution in [0.1, 0.15) is 17.2 Å². The molecule has 0 aliphatic rings. The first-order valence-electron chi connectivity index (χ1n) is 5.40. The van der Waals surface area contributed by atoms with Crippen molar-refractivity contribution in [1.82, 2.24) is 0 Å². The Kier molecular flexibility index (Phi) is 3.30. The third-order valence-electron chi connectivity index (χ3n) is 2.58. The Bertz CT molecular complexity index is 474. The summed E-state index contributed by atoms with van der Waals surface area (Å²) in [5.74, 6) is -0.0979. The second-order valence-corrected chi connectivity index (χ2v) is 3.99. The van der Waals surface area contributed by atoms with Gasteiger partial charge in [0.2, 0.25) is 0 Å². The normalized spacial score (nSPS) is 12.3. The molecule has 0 spiro atoms. The van der Waals surface area contributed by atoms with E-state index in [0.717, 1.165) is 5.56 Å². The van der Waals surface area contributed by atoms with Crippen LogP contribution in [0.3, 0.4) is 0 Å². The maximum Gasteiger partial charge on any atom is 0.119 e. The van der Waals surface area contributed by atoms with Crippen molar-refractivity contribution in [2.24, 2.45) is 0 Å². The number of rotatable bonds is 3. The quantitative estimate of drug-likeness (QED) is 0.758. The molecule has 2 aromatic carbocycles. The third-order valence-corrected chi connectivity index (χ3v) is 2.58. The lowest BCUT2D eigenvalue weighted by Crippen LogP contribution is -2.01. The van der Waals surface area contributed by atoms with Crippen molar-refractivity contribution in [3.05, 3.63) is 59.7 Å². The molecule has 1 atom stereocenters. The van der Waals surface area contributed by atoms with Gasteiger partial charge in [-0.2, -0.15) is 0 Å². The number of hydrogen-bond donors (Lipinski definition) is 3. The molecule has 0 fully saturated rings. The Hall–Kier alpha value is -2.00. The topological polar surface area (TPSA) is 60.7 Å². The zero-order chi connectivity index (χ0) is 12.3. The monoisotopic (exact) mass is 230 g/mol. The first kappa shape index (κ1) is 11.5. The van der Waals surface area contributed by atoms with Crippen LogP contribution in [0.2, 0.25) is 0 Å². The molecule has 0 heterocycles. The van der Waals surface area contributed by atoms with E-state index >= 15 is 0 Å². The Morgan fingerprint density at radius 3 is 2.06 bits per heavy atom. The first-order chi connectivity index (χ1) is 8.15. The smallest absolute Gasteiger partial charge is 0.119 e. The van der Waals surface area contributed by atoms with E-state index in [9.17, 15) is 15.3 Å². The van der Waals surface area contributed by atoms with E-state index in [1.807, 2.05) is 30.3 Å². The van der Waals surface area contributed by atoms with Crippen molar-refractivity contribution in [2.75, 3.05) is 0 Å². The molecule has 2 rings (SSSR count). The Labute approximate surface area is 99.6 Å². The number of phenolic OH excluding ortho intramolecular Hbond substituents is 2. The molecule has 17 heavy (non-hydrogen) atoms. The highest BCUT2D eigenvalue weighted by Gasteiger charge is 2.10. The second kappa shape index (κ2) is 4.89. The number of aliphatic hydroxyl groups excluding tert-OH is 1. The van der Waals surface area contributed by atoms with E-state index in [2.05, 4.69) is 0 Å². The van der Waals surface area contributed by atoms with Crippen LogP contribution in [0.5, 0.6) is 11.5 Å². The van der Waals surface area contributed by atoms with Crippen LogP contribution in [-0.2, 0) is 6.42 Å². The molecule has 0 aliphatic heterocycles. The van der Waals surface area contributed by atoms with Crippen molar-refractivity contribution < 1.29 is 15.3 Å². The predicted octanol–water partition coefficient (Wildman–Crippen LogP) is 2.37. The van der Waals surface area contributed by atoms with Gasteiger partial charge in [0.25, 0.3) is 0 Å². The van der Waals surface area contributed by atoms with Gasteiger partial charge in [0.05, 0.1) is 6.10 Å². The van der Waals surface area contributed by atoms with Crippen molar-refractivity contribution >= 4 is 0 Å². The van der Waals surface area contributed by atoms with E-state index in [1.165, 1.54) is 18.2 Å². The third kappa shape index (κ3) is 2.98. The molecule has 3 nitrogen and oxygen atoms in total. The number of hydrogen-bond acceptors (Lipinski definition) is 3. The maximum absolute atomic E-state index is 10.0. The van der Waals surface area contributed by atoms with E-state index in [0.29, 0.717) is 12.0 Å². The van der Waals surface area contributed by atoms with E-state index in [4.69, 9.17) is 0 Å². The molecule has 0 amide bonds. The van der Waals surface area contributed by atoms with Gasteiger partial charge in [-0.15, -0.1) is 0 Å². The molecule has 0 saturated heterocycles. The van der Waals surface area contributed by atoms with Crippen LogP contribution < -0.4 is 0 Å². The van der Waals surface area contributed by atoms with Crippen LogP contribution >= 0.6 is 0 Å². The minimum atomic E-state index is -0.740. The van der Waals surface area contributed by atoms with Crippen LogP contribution in [0, 0.1) is 0 Å². The van der Waals surface area contributed by atoms with Gasteiger partial charge >= 0.3 is 0 Å². The average molecular weight is 230 g/mol. The van der Waals surface area contributed by atoms with Crippen molar-refractivity contribution in [2.45, 2.75) is 12.5 Å². The fourth-order valence-corrected chi connectivity index (χ4v) is 1.77. The summed E-state index contributed by atoms with van der Waals surface area (Å²) >= 11 is 0. The second-order valence-electron chi connectivity index (χ2n) is 3.99. The molecule has 0 aromatic heterocycles. The highest BCUT2D eigenvalue weighted by Crippen LogP contribution is 2.26. The van der Waals surface area contributed by atoms with Gasteiger partial charge < -0.3 is 15.3 Å². The van der Waals surface area contributed by atoms with Crippen LogP contribution in [0.4, 0.5) is 0 Å². The summed E-state index contributed by atoms with van der Waals surface area (Å²) < 4.78 is 0. The molecular formula is C14H14O3. The molecular weight excluding hydrogens is 216 g/mol. The van der Waals surface area contributed by atoms with Crippen molar-refractivity contribution in [1.29, 1.82) is 0 Å². The number of benzene rings is 2. The Morgan fingerprint density at radius 1 is 0.882 bits per heavy atom. The fourth-order valence-electron chi connectivity index (χ4n) is 1.77. The van der Waals surface area contributed by atoms with Crippen LogP contribution in [0.25, 0.3) is 0 Å². The lowest BCUT2D eigenvalue weighted by atomic mass is 10.0. The van der Waals surface area contributed by atoms with Gasteiger partial charge in [0.1, 0.15) is 11.5 Å². The summed E-state index contributed by atoms with van der Waals surface area (Å²) in [4.78, 5) is 0. The minimum absolute atomic E-state index is 0.0490. The summed E-state index contributed by atoms with van der Waals surface area (Å²) in [6.07, 6.45) is -0.292. The minimum Gasteiger partial charge on any atom is -0.508 e. The largest absolute Gasteiger partial charge is 0.508 e. The number of phenols is 2. The van der Waals surface area contributed by atoms with Crippen molar-refractivity contribution in [3.8, 4) is 11.5 Å². The SMILES string of the molecule is Oc1cc(O)cc(C(O)Cc2ccccc2)c1. The van der Waals surface area contributed by atoms with Crippen molar-refractivity contribution in [3.63, 3.8) is 0 Å². The molecule has 88 valence electrons. The lowest BCUT2D eigenvalue weighted by molar-refractivity contribution is 0.177. The number of aromatic hydroxyl groups is 2. The Morgan fingerprint density at radius 2 is 1.47 bits per heavy atom. The fraction of sp³-hybridized carbons (Fsp3) is 0.143. The summed E-state index contributed by atoms with van der Waals surface area (Å²) in [6, 6.07) is 13.7. The van der Waals surface area contributed by atoms with Gasteiger partial charge in [-0.05, 0) is 23.3 Å². The standard InChI is InChI=1S/C14H14O3/c15-12-7-11(8-13(16)9-12)14(17)6-10-4-2-1-3-5-10/h1-5,7-9,14-17H,6H2. The number of aliphatic hydroxyl groups is 1. The van der Waals surface area contributed by atoms with E-state index in [-0.39, 0.29) is 11.5 Å². The summed E-state index contributed by atoms with van der Waals surface area (Å²) in [6.45, 7) is 0. The van der Waals surface area contributed by atoms with Crippen LogP contribution in [0.15, 0.2) is 48.5 Å². The molecule has 0 aliphatic carbocycles. The molecule has 0 bridgehead atoms. The molecule has 0 saturated carbocycles. The van der Waals surface area contributed by atoms with Gasteiger partial charge in [-0.3, -0.25) is 0 Å². The maximum atomic E-state index is 10.0. The van der Waals surface area contributed by atoms with Gasteiger partial charge in [-0.1, -0.05) is 30.3 Å². The summed E-state index contributed by atoms with van der Waals surface area (Å²) in [5, 5.41) is 28.7. The van der Waals surface area contributed by atoms with E-state index in [1.54, 1.807) is 0 Å². The molecule has 2 aromatic rings. The average Bonchev–Trinajstić information content (AvgIpc) is 2.29.